The molecule has 0 spiro atoms. The number of nitrogens with zero attached hydrogens (tertiary/aromatic N) is 1. The Hall–Kier alpha value is -0.780. The predicted octanol–water partition coefficient (Wildman–Crippen LogP) is 1.40. The molecule has 0 aromatic carbocycles. The Morgan fingerprint density at radius 1 is 1.50 bits per heavy atom. The molecule has 1 rings (SSSR count). The monoisotopic (exact) mass is 238 g/mol. The minimum Gasteiger partial charge on any atom is -0.335 e. The lowest BCUT2D eigenvalue weighted by atomic mass is 9.93. The fourth-order valence-electron chi connectivity index (χ4n) is 1.91. The molecule has 1 aliphatic rings. The Morgan fingerprint density at radius 3 is 2.62 bits per heavy atom. The predicted molar refractivity (Wildman–Crippen MR) is 53.9 cm³/mol. The topological polar surface area (TPSA) is 32.3 Å². The van der Waals surface area contributed by atoms with E-state index in [0.29, 0.717) is 18.9 Å². The highest BCUT2D eigenvalue weighted by Crippen LogP contribution is 2.19. The molecule has 0 aromatic rings. The van der Waals surface area contributed by atoms with E-state index in [1.807, 2.05) is 6.92 Å². The molecule has 0 bridgehead atoms. The lowest BCUT2D eigenvalue weighted by Crippen LogP contribution is -2.50. The Kier molecular flexibility index (Phi) is 4.18. The molecule has 1 saturated heterocycles. The fraction of sp³-hybridized carbons (Fsp3) is 0.900. The van der Waals surface area contributed by atoms with Crippen LogP contribution in [0.2, 0.25) is 0 Å². The molecule has 1 aliphatic heterocycles. The first-order valence-corrected chi connectivity index (χ1v) is 5.34. The molecule has 1 heterocycles. The zero-order valence-corrected chi connectivity index (χ0v) is 9.47. The van der Waals surface area contributed by atoms with Crippen molar-refractivity contribution in [2.45, 2.75) is 32.0 Å². The molecule has 0 aromatic heterocycles. The summed E-state index contributed by atoms with van der Waals surface area (Å²) >= 11 is 0. The molecule has 0 radical (unpaired) electrons. The van der Waals surface area contributed by atoms with Gasteiger partial charge in [0.05, 0.1) is 6.04 Å². The third-order valence-electron chi connectivity index (χ3n) is 2.76. The zero-order chi connectivity index (χ0) is 12.3. The third-order valence-corrected chi connectivity index (χ3v) is 2.76. The molecule has 0 aliphatic carbocycles. The second-order valence-electron chi connectivity index (χ2n) is 4.45. The summed E-state index contributed by atoms with van der Waals surface area (Å²) in [5.74, 6) is -0.0849. The number of carbonyl (C=O) groups is 1. The lowest BCUT2D eigenvalue weighted by Gasteiger charge is -2.30. The Morgan fingerprint density at radius 2 is 2.12 bits per heavy atom. The number of amides is 1. The van der Waals surface area contributed by atoms with Gasteiger partial charge in [-0.15, -0.1) is 0 Å². The van der Waals surface area contributed by atoms with E-state index < -0.39 is 24.7 Å². The van der Waals surface area contributed by atoms with Crippen molar-refractivity contribution in [3.05, 3.63) is 0 Å². The molecule has 1 amide bonds. The summed E-state index contributed by atoms with van der Waals surface area (Å²) in [5.41, 5.74) is 0. The highest BCUT2D eigenvalue weighted by Gasteiger charge is 2.34. The molecule has 2 unspecified atom stereocenters. The van der Waals surface area contributed by atoms with Crippen LogP contribution in [0, 0.1) is 5.92 Å². The van der Waals surface area contributed by atoms with Gasteiger partial charge in [-0.25, -0.2) is 0 Å². The SMILES string of the molecule is CC1CCNC(C(=O)N(C)CC(F)(F)F)C1. The number of carbonyl (C=O) groups excluding carboxylic acids is 1. The average molecular weight is 238 g/mol. The molecule has 2 atom stereocenters. The maximum absolute atomic E-state index is 12.1. The van der Waals surface area contributed by atoms with Crippen molar-refractivity contribution in [2.24, 2.45) is 5.92 Å². The van der Waals surface area contributed by atoms with E-state index in [4.69, 9.17) is 0 Å². The largest absolute Gasteiger partial charge is 0.406 e. The number of hydrogen-bond acceptors (Lipinski definition) is 2. The van der Waals surface area contributed by atoms with Crippen molar-refractivity contribution < 1.29 is 18.0 Å². The maximum atomic E-state index is 12.1. The number of rotatable bonds is 2. The molecular weight excluding hydrogens is 221 g/mol. The van der Waals surface area contributed by atoms with Crippen LogP contribution in [0.5, 0.6) is 0 Å². The highest BCUT2D eigenvalue weighted by atomic mass is 19.4. The van der Waals surface area contributed by atoms with Crippen LogP contribution in [-0.4, -0.2) is 43.2 Å². The summed E-state index contributed by atoms with van der Waals surface area (Å²) in [6.45, 7) is 1.51. The van der Waals surface area contributed by atoms with Gasteiger partial charge in [-0.1, -0.05) is 6.92 Å². The van der Waals surface area contributed by atoms with Gasteiger partial charge in [0.25, 0.3) is 0 Å². The van der Waals surface area contributed by atoms with Gasteiger partial charge in [0.15, 0.2) is 0 Å². The third kappa shape index (κ3) is 4.00. The lowest BCUT2D eigenvalue weighted by molar-refractivity contribution is -0.160. The first-order valence-electron chi connectivity index (χ1n) is 5.34. The first-order chi connectivity index (χ1) is 7.29. The number of alkyl halides is 3. The number of halogens is 3. The zero-order valence-electron chi connectivity index (χ0n) is 9.47. The van der Waals surface area contributed by atoms with Gasteiger partial charge < -0.3 is 10.2 Å². The molecule has 94 valence electrons. The quantitative estimate of drug-likeness (QED) is 0.788. The van der Waals surface area contributed by atoms with Gasteiger partial charge in [0.1, 0.15) is 6.54 Å². The van der Waals surface area contributed by atoms with Crippen LogP contribution in [0.15, 0.2) is 0 Å². The Labute approximate surface area is 93.0 Å². The van der Waals surface area contributed by atoms with Gasteiger partial charge in [0, 0.05) is 7.05 Å². The summed E-state index contributed by atoms with van der Waals surface area (Å²) in [6.07, 6.45) is -2.75. The summed E-state index contributed by atoms with van der Waals surface area (Å²) in [7, 11) is 1.19. The van der Waals surface area contributed by atoms with E-state index in [1.165, 1.54) is 7.05 Å². The fourth-order valence-corrected chi connectivity index (χ4v) is 1.91. The highest BCUT2D eigenvalue weighted by molar-refractivity contribution is 5.81. The van der Waals surface area contributed by atoms with Crippen LogP contribution in [0.3, 0.4) is 0 Å². The van der Waals surface area contributed by atoms with E-state index >= 15 is 0 Å². The van der Waals surface area contributed by atoms with E-state index in [2.05, 4.69) is 5.32 Å². The van der Waals surface area contributed by atoms with Crippen LogP contribution < -0.4 is 5.32 Å². The minimum absolute atomic E-state index is 0.384. The van der Waals surface area contributed by atoms with E-state index in [1.54, 1.807) is 0 Å². The van der Waals surface area contributed by atoms with E-state index in [-0.39, 0.29) is 0 Å². The smallest absolute Gasteiger partial charge is 0.335 e. The van der Waals surface area contributed by atoms with E-state index in [0.717, 1.165) is 11.3 Å². The summed E-state index contributed by atoms with van der Waals surface area (Å²) < 4.78 is 36.3. The molecule has 0 saturated carbocycles. The molecule has 1 N–H and O–H groups in total. The second kappa shape index (κ2) is 5.03. The maximum Gasteiger partial charge on any atom is 0.406 e. The molecule has 1 fully saturated rings. The first kappa shape index (κ1) is 13.3. The summed E-state index contributed by atoms with van der Waals surface area (Å²) in [6, 6.07) is -0.462. The van der Waals surface area contributed by atoms with Crippen LogP contribution in [0.4, 0.5) is 13.2 Å². The van der Waals surface area contributed by atoms with Crippen molar-refractivity contribution in [2.75, 3.05) is 20.1 Å². The summed E-state index contributed by atoms with van der Waals surface area (Å²) in [5, 5.41) is 2.96. The van der Waals surface area contributed by atoms with Crippen molar-refractivity contribution in [3.63, 3.8) is 0 Å². The second-order valence-corrected chi connectivity index (χ2v) is 4.45. The van der Waals surface area contributed by atoms with Gasteiger partial charge in [-0.3, -0.25) is 4.79 Å². The van der Waals surface area contributed by atoms with Crippen molar-refractivity contribution in [1.82, 2.24) is 10.2 Å². The van der Waals surface area contributed by atoms with Crippen molar-refractivity contribution in [3.8, 4) is 0 Å². The van der Waals surface area contributed by atoms with Gasteiger partial charge >= 0.3 is 6.18 Å². The molecule has 6 heteroatoms. The average Bonchev–Trinajstić information content (AvgIpc) is 2.14. The van der Waals surface area contributed by atoms with Crippen LogP contribution in [0.25, 0.3) is 0 Å². The Bertz CT molecular complexity index is 255. The number of hydrogen-bond donors (Lipinski definition) is 1. The number of likely N-dealkylation sites (N-methyl/N-ethyl adjacent to an activating group) is 1. The van der Waals surface area contributed by atoms with Crippen molar-refractivity contribution >= 4 is 5.91 Å². The normalized spacial score (nSPS) is 26.6. The van der Waals surface area contributed by atoms with Gasteiger partial charge in [0.2, 0.25) is 5.91 Å². The van der Waals surface area contributed by atoms with Crippen LogP contribution in [-0.2, 0) is 4.79 Å². The molecule has 3 nitrogen and oxygen atoms in total. The Balaban J connectivity index is 2.49. The van der Waals surface area contributed by atoms with Crippen molar-refractivity contribution in [1.29, 1.82) is 0 Å². The number of piperidine rings is 1. The van der Waals surface area contributed by atoms with Crippen LogP contribution in [0.1, 0.15) is 19.8 Å². The van der Waals surface area contributed by atoms with E-state index in [9.17, 15) is 18.0 Å². The minimum atomic E-state index is -4.33. The van der Waals surface area contributed by atoms with Gasteiger partial charge in [-0.05, 0) is 25.3 Å². The molecule has 16 heavy (non-hydrogen) atoms. The van der Waals surface area contributed by atoms with Gasteiger partial charge in [-0.2, -0.15) is 13.2 Å². The molecular formula is C10H17F3N2O. The number of nitrogens with one attached hydrogen (secondary N) is 1. The summed E-state index contributed by atoms with van der Waals surface area (Å²) in [4.78, 5) is 12.4. The standard InChI is InChI=1S/C10H17F3N2O/c1-7-3-4-14-8(5-7)9(16)15(2)6-10(11,12)13/h7-8,14H,3-6H2,1-2H3. The van der Waals surface area contributed by atoms with Crippen LogP contribution >= 0.6 is 0 Å².